The van der Waals surface area contributed by atoms with Crippen LogP contribution in [0.25, 0.3) is 22.2 Å². The fraction of sp³-hybridized carbons (Fsp3) is 0.273. The van der Waals surface area contributed by atoms with Gasteiger partial charge in [-0.1, -0.05) is 56.7 Å². The van der Waals surface area contributed by atoms with Gasteiger partial charge in [0.05, 0.1) is 11.2 Å². The van der Waals surface area contributed by atoms with Crippen LogP contribution in [0.4, 0.5) is 0 Å². The quantitative estimate of drug-likeness (QED) is 0.515. The second kappa shape index (κ2) is 6.27. The van der Waals surface area contributed by atoms with Crippen molar-refractivity contribution in [3.05, 3.63) is 64.7 Å². The maximum Gasteiger partial charge on any atom is 0.253 e. The molecule has 0 fully saturated rings. The number of nitrogens with zero attached hydrogens (tertiary/aromatic N) is 1. The zero-order valence-electron chi connectivity index (χ0n) is 15.3. The normalized spacial score (nSPS) is 11.8. The summed E-state index contributed by atoms with van der Waals surface area (Å²) in [5.41, 5.74) is 6.58. The molecule has 3 aromatic rings. The van der Waals surface area contributed by atoms with Crippen LogP contribution in [0, 0.1) is 13.8 Å². The Morgan fingerprint density at radius 2 is 1.64 bits per heavy atom. The Kier molecular flexibility index (Phi) is 4.42. The van der Waals surface area contributed by atoms with Gasteiger partial charge >= 0.3 is 0 Å². The smallest absolute Gasteiger partial charge is 0.253 e. The van der Waals surface area contributed by atoms with Gasteiger partial charge in [0.1, 0.15) is 0 Å². The lowest BCUT2D eigenvalue weighted by molar-refractivity contribution is 0.108. The number of aryl methyl sites for hydroxylation is 2. The minimum absolute atomic E-state index is 0.0979. The maximum atomic E-state index is 12.0. The van der Waals surface area contributed by atoms with Gasteiger partial charge in [0, 0.05) is 16.5 Å². The van der Waals surface area contributed by atoms with Crippen LogP contribution < -0.4 is 0 Å². The highest BCUT2D eigenvalue weighted by Gasteiger charge is 2.16. The van der Waals surface area contributed by atoms with Crippen molar-refractivity contribution in [3.63, 3.8) is 0 Å². The van der Waals surface area contributed by atoms with E-state index in [-0.39, 0.29) is 5.41 Å². The number of fused-ring (bicyclic) bond motifs is 1. The maximum absolute atomic E-state index is 12.0. The number of pyridine rings is 1. The van der Waals surface area contributed by atoms with E-state index in [4.69, 9.17) is 16.6 Å². The third kappa shape index (κ3) is 3.45. The van der Waals surface area contributed by atoms with Crippen molar-refractivity contribution >= 4 is 27.7 Å². The van der Waals surface area contributed by atoms with Crippen LogP contribution in [0.2, 0.25) is 0 Å². The highest BCUT2D eigenvalue weighted by molar-refractivity contribution is 6.68. The summed E-state index contributed by atoms with van der Waals surface area (Å²) >= 11 is 5.86. The van der Waals surface area contributed by atoms with Crippen molar-refractivity contribution in [2.24, 2.45) is 0 Å². The molecule has 0 aliphatic rings. The molecule has 0 bridgehead atoms. The Balaban J connectivity index is 2.22. The number of benzene rings is 2. The van der Waals surface area contributed by atoms with Gasteiger partial charge in [-0.05, 0) is 54.1 Å². The van der Waals surface area contributed by atoms with Gasteiger partial charge < -0.3 is 0 Å². The second-order valence-corrected chi connectivity index (χ2v) is 7.98. The van der Waals surface area contributed by atoms with Gasteiger partial charge in [-0.25, -0.2) is 4.98 Å². The third-order valence-corrected chi connectivity index (χ3v) is 4.71. The molecular weight excluding hydrogens is 330 g/mol. The number of carbonyl (C=O) groups is 1. The summed E-state index contributed by atoms with van der Waals surface area (Å²) in [5, 5.41) is 0.359. The predicted octanol–water partition coefficient (Wildman–Crippen LogP) is 6.20. The second-order valence-electron chi connectivity index (χ2n) is 7.63. The van der Waals surface area contributed by atoms with Gasteiger partial charge in [0.15, 0.2) is 0 Å². The number of carbonyl (C=O) groups excluding carboxylic acids is 1. The highest BCUT2D eigenvalue weighted by atomic mass is 35.5. The lowest BCUT2D eigenvalue weighted by atomic mass is 9.86. The van der Waals surface area contributed by atoms with Crippen molar-refractivity contribution in [1.29, 1.82) is 0 Å². The summed E-state index contributed by atoms with van der Waals surface area (Å²) in [7, 11) is 0. The molecule has 2 nitrogen and oxygen atoms in total. The summed E-state index contributed by atoms with van der Waals surface area (Å²) in [6.07, 6.45) is 0. The number of hydrogen-bond donors (Lipinski definition) is 0. The molecule has 3 rings (SSSR count). The van der Waals surface area contributed by atoms with E-state index in [1.807, 2.05) is 19.9 Å². The van der Waals surface area contributed by atoms with Gasteiger partial charge in [-0.3, -0.25) is 4.79 Å². The van der Waals surface area contributed by atoms with E-state index in [0.717, 1.165) is 33.3 Å². The average Bonchev–Trinajstić information content (AvgIpc) is 2.53. The van der Waals surface area contributed by atoms with E-state index in [0.29, 0.717) is 5.56 Å². The molecular formula is C22H22ClNO. The predicted molar refractivity (Wildman–Crippen MR) is 106 cm³/mol. The Bertz CT molecular complexity index is 966. The molecule has 0 saturated carbocycles. The summed E-state index contributed by atoms with van der Waals surface area (Å²) in [6.45, 7) is 10.6. The molecule has 1 aromatic heterocycles. The van der Waals surface area contributed by atoms with E-state index in [2.05, 4.69) is 51.1 Å². The topological polar surface area (TPSA) is 30.0 Å². The lowest BCUT2D eigenvalue weighted by Gasteiger charge is -2.19. The molecule has 0 amide bonds. The van der Waals surface area contributed by atoms with E-state index in [1.165, 1.54) is 5.56 Å². The van der Waals surface area contributed by atoms with Gasteiger partial charge in [0.25, 0.3) is 5.24 Å². The third-order valence-electron chi connectivity index (χ3n) is 4.51. The number of rotatable bonds is 2. The van der Waals surface area contributed by atoms with Crippen molar-refractivity contribution in [1.82, 2.24) is 4.98 Å². The minimum Gasteiger partial charge on any atom is -0.276 e. The van der Waals surface area contributed by atoms with Crippen LogP contribution in [0.15, 0.2) is 42.5 Å². The zero-order valence-corrected chi connectivity index (χ0v) is 16.0. The SMILES string of the molecule is Cc1cc(C)c2nc(-c3ccc(C(C)(C)C)cc3)cc(C(=O)Cl)c2c1. The van der Waals surface area contributed by atoms with Gasteiger partial charge in [0.2, 0.25) is 0 Å². The van der Waals surface area contributed by atoms with E-state index in [9.17, 15) is 4.79 Å². The molecule has 0 spiro atoms. The van der Waals surface area contributed by atoms with Crippen molar-refractivity contribution < 1.29 is 4.79 Å². The first-order valence-corrected chi connectivity index (χ1v) is 8.77. The summed E-state index contributed by atoms with van der Waals surface area (Å²) in [4.78, 5) is 16.8. The molecule has 128 valence electrons. The summed E-state index contributed by atoms with van der Waals surface area (Å²) < 4.78 is 0. The number of hydrogen-bond acceptors (Lipinski definition) is 2. The lowest BCUT2D eigenvalue weighted by Crippen LogP contribution is -2.10. The Morgan fingerprint density at radius 3 is 2.20 bits per heavy atom. The molecule has 25 heavy (non-hydrogen) atoms. The first kappa shape index (κ1) is 17.6. The molecule has 0 unspecified atom stereocenters. The zero-order chi connectivity index (χ0) is 18.4. The van der Waals surface area contributed by atoms with Crippen LogP contribution in [0.5, 0.6) is 0 Å². The van der Waals surface area contributed by atoms with Gasteiger partial charge in [-0.15, -0.1) is 0 Å². The molecule has 0 N–H and O–H groups in total. The van der Waals surface area contributed by atoms with Crippen LogP contribution in [-0.4, -0.2) is 10.2 Å². The Morgan fingerprint density at radius 1 is 1.00 bits per heavy atom. The van der Waals surface area contributed by atoms with Gasteiger partial charge in [-0.2, -0.15) is 0 Å². The summed E-state index contributed by atoms with van der Waals surface area (Å²) in [5.74, 6) is 0. The van der Waals surface area contributed by atoms with E-state index >= 15 is 0 Å². The standard InChI is InChI=1S/C22H22ClNO/c1-13-10-14(2)20-17(11-13)18(21(23)25)12-19(24-20)15-6-8-16(9-7-15)22(3,4)5/h6-12H,1-5H3. The molecule has 0 aliphatic carbocycles. The Hall–Kier alpha value is -2.19. The fourth-order valence-electron chi connectivity index (χ4n) is 3.13. The molecule has 0 saturated heterocycles. The van der Waals surface area contributed by atoms with Crippen LogP contribution >= 0.6 is 11.6 Å². The monoisotopic (exact) mass is 351 g/mol. The average molecular weight is 352 g/mol. The molecule has 0 aliphatic heterocycles. The highest BCUT2D eigenvalue weighted by Crippen LogP contribution is 2.30. The molecule has 2 aromatic carbocycles. The van der Waals surface area contributed by atoms with Crippen molar-refractivity contribution in [2.45, 2.75) is 40.0 Å². The van der Waals surface area contributed by atoms with E-state index < -0.39 is 5.24 Å². The summed E-state index contributed by atoms with van der Waals surface area (Å²) in [6, 6.07) is 14.2. The van der Waals surface area contributed by atoms with Crippen LogP contribution in [0.1, 0.15) is 47.8 Å². The molecule has 3 heteroatoms. The number of aromatic nitrogens is 1. The Labute approximate surface area is 153 Å². The van der Waals surface area contributed by atoms with Crippen LogP contribution in [0.3, 0.4) is 0 Å². The molecule has 1 heterocycles. The van der Waals surface area contributed by atoms with Crippen molar-refractivity contribution in [2.75, 3.05) is 0 Å². The van der Waals surface area contributed by atoms with E-state index in [1.54, 1.807) is 6.07 Å². The van der Waals surface area contributed by atoms with Crippen LogP contribution in [-0.2, 0) is 5.41 Å². The first-order valence-electron chi connectivity index (χ1n) is 8.39. The fourth-order valence-corrected chi connectivity index (χ4v) is 3.29. The largest absolute Gasteiger partial charge is 0.276 e. The minimum atomic E-state index is -0.454. The molecule has 0 atom stereocenters. The van der Waals surface area contributed by atoms with Crippen molar-refractivity contribution in [3.8, 4) is 11.3 Å². The number of halogens is 1. The molecule has 0 radical (unpaired) electrons. The first-order chi connectivity index (χ1) is 11.7.